The summed E-state index contributed by atoms with van der Waals surface area (Å²) >= 11 is 0. The van der Waals surface area contributed by atoms with Crippen LogP contribution in [0.25, 0.3) is 22.6 Å². The van der Waals surface area contributed by atoms with Crippen molar-refractivity contribution < 1.29 is 8.81 Å². The van der Waals surface area contributed by atoms with Crippen LogP contribution in [0.5, 0.6) is 0 Å². The SMILES string of the molecule is C[C@H]1CCCCN1Cc1ccc2oc(-c3cccc(F)c3)nc2c1. The molecule has 1 aromatic heterocycles. The third kappa shape index (κ3) is 3.06. The summed E-state index contributed by atoms with van der Waals surface area (Å²) in [7, 11) is 0. The van der Waals surface area contributed by atoms with Gasteiger partial charge < -0.3 is 4.42 Å². The number of aromatic nitrogens is 1. The maximum Gasteiger partial charge on any atom is 0.227 e. The van der Waals surface area contributed by atoms with E-state index in [-0.39, 0.29) is 5.82 Å². The van der Waals surface area contributed by atoms with E-state index in [0.29, 0.717) is 17.5 Å². The Hall–Kier alpha value is -2.20. The predicted molar refractivity (Wildman–Crippen MR) is 93.1 cm³/mol. The van der Waals surface area contributed by atoms with E-state index >= 15 is 0 Å². The second-order valence-electron chi connectivity index (χ2n) is 6.65. The van der Waals surface area contributed by atoms with E-state index < -0.39 is 0 Å². The predicted octanol–water partition coefficient (Wildman–Crippen LogP) is 5.01. The monoisotopic (exact) mass is 324 g/mol. The fourth-order valence-corrected chi connectivity index (χ4v) is 3.44. The smallest absolute Gasteiger partial charge is 0.227 e. The molecule has 0 spiro atoms. The largest absolute Gasteiger partial charge is 0.436 e. The highest BCUT2D eigenvalue weighted by Crippen LogP contribution is 2.26. The molecular weight excluding hydrogens is 303 g/mol. The van der Waals surface area contributed by atoms with Crippen molar-refractivity contribution in [1.82, 2.24) is 9.88 Å². The lowest BCUT2D eigenvalue weighted by Crippen LogP contribution is -2.36. The Balaban J connectivity index is 1.61. The van der Waals surface area contributed by atoms with Crippen molar-refractivity contribution in [3.05, 3.63) is 53.8 Å². The molecule has 2 heterocycles. The quantitative estimate of drug-likeness (QED) is 0.678. The third-order valence-corrected chi connectivity index (χ3v) is 4.85. The Morgan fingerprint density at radius 1 is 1.21 bits per heavy atom. The number of likely N-dealkylation sites (tertiary alicyclic amines) is 1. The van der Waals surface area contributed by atoms with Crippen molar-refractivity contribution in [3.8, 4) is 11.5 Å². The topological polar surface area (TPSA) is 29.3 Å². The summed E-state index contributed by atoms with van der Waals surface area (Å²) in [6, 6.07) is 13.1. The van der Waals surface area contributed by atoms with Gasteiger partial charge in [0.15, 0.2) is 5.58 Å². The molecule has 124 valence electrons. The molecular formula is C20H21FN2O. The van der Waals surface area contributed by atoms with Gasteiger partial charge in [0.1, 0.15) is 11.3 Å². The van der Waals surface area contributed by atoms with Crippen LogP contribution in [0.2, 0.25) is 0 Å². The first kappa shape index (κ1) is 15.3. The van der Waals surface area contributed by atoms with Crippen molar-refractivity contribution in [2.24, 2.45) is 0 Å². The van der Waals surface area contributed by atoms with Gasteiger partial charge in [-0.05, 0) is 62.2 Å². The van der Waals surface area contributed by atoms with E-state index in [2.05, 4.69) is 28.9 Å². The van der Waals surface area contributed by atoms with Gasteiger partial charge >= 0.3 is 0 Å². The molecule has 0 radical (unpaired) electrons. The van der Waals surface area contributed by atoms with Gasteiger partial charge in [-0.25, -0.2) is 9.37 Å². The fourth-order valence-electron chi connectivity index (χ4n) is 3.44. The highest BCUT2D eigenvalue weighted by atomic mass is 19.1. The lowest BCUT2D eigenvalue weighted by molar-refractivity contribution is 0.152. The van der Waals surface area contributed by atoms with Crippen LogP contribution in [-0.2, 0) is 6.54 Å². The molecule has 4 rings (SSSR count). The molecule has 2 aromatic carbocycles. The summed E-state index contributed by atoms with van der Waals surface area (Å²) in [5.41, 5.74) is 3.48. The minimum absolute atomic E-state index is 0.283. The summed E-state index contributed by atoms with van der Waals surface area (Å²) in [5.74, 6) is 0.183. The standard InChI is InChI=1S/C20H21FN2O/c1-14-5-2-3-10-23(14)13-15-8-9-19-18(11-15)22-20(24-19)16-6-4-7-17(21)12-16/h4,6-9,11-12,14H,2-3,5,10,13H2,1H3/t14-/m0/s1. The van der Waals surface area contributed by atoms with Crippen LogP contribution < -0.4 is 0 Å². The molecule has 0 bridgehead atoms. The van der Waals surface area contributed by atoms with Gasteiger partial charge in [-0.2, -0.15) is 0 Å². The average molecular weight is 324 g/mol. The lowest BCUT2D eigenvalue weighted by atomic mass is 10.0. The molecule has 0 aliphatic carbocycles. The molecule has 0 N–H and O–H groups in total. The van der Waals surface area contributed by atoms with Crippen molar-refractivity contribution in [2.45, 2.75) is 38.8 Å². The minimum Gasteiger partial charge on any atom is -0.436 e. The molecule has 1 aliphatic heterocycles. The Kier molecular flexibility index (Phi) is 4.07. The number of rotatable bonds is 3. The highest BCUT2D eigenvalue weighted by molar-refractivity contribution is 5.76. The lowest BCUT2D eigenvalue weighted by Gasteiger charge is -2.33. The van der Waals surface area contributed by atoms with Crippen LogP contribution in [0.4, 0.5) is 4.39 Å². The molecule has 1 fully saturated rings. The maximum atomic E-state index is 13.4. The van der Waals surface area contributed by atoms with Crippen molar-refractivity contribution in [1.29, 1.82) is 0 Å². The van der Waals surface area contributed by atoms with Gasteiger partial charge in [-0.1, -0.05) is 18.6 Å². The second kappa shape index (κ2) is 6.36. The normalized spacial score (nSPS) is 19.0. The Morgan fingerprint density at radius 3 is 2.96 bits per heavy atom. The molecule has 0 amide bonds. The van der Waals surface area contributed by atoms with Gasteiger partial charge in [-0.3, -0.25) is 4.90 Å². The molecule has 3 nitrogen and oxygen atoms in total. The average Bonchev–Trinajstić information content (AvgIpc) is 3.00. The molecule has 1 atom stereocenters. The summed E-state index contributed by atoms with van der Waals surface area (Å²) in [6.07, 6.45) is 3.88. The van der Waals surface area contributed by atoms with E-state index in [1.165, 1.54) is 37.0 Å². The van der Waals surface area contributed by atoms with Gasteiger partial charge in [0, 0.05) is 18.2 Å². The van der Waals surface area contributed by atoms with Crippen LogP contribution in [-0.4, -0.2) is 22.5 Å². The number of oxazole rings is 1. The van der Waals surface area contributed by atoms with Crippen LogP contribution in [0, 0.1) is 5.82 Å². The Morgan fingerprint density at radius 2 is 2.12 bits per heavy atom. The molecule has 0 unspecified atom stereocenters. The van der Waals surface area contributed by atoms with Crippen LogP contribution in [0.15, 0.2) is 46.9 Å². The zero-order chi connectivity index (χ0) is 16.5. The first-order chi connectivity index (χ1) is 11.7. The van der Waals surface area contributed by atoms with Crippen LogP contribution >= 0.6 is 0 Å². The molecule has 24 heavy (non-hydrogen) atoms. The first-order valence-corrected chi connectivity index (χ1v) is 8.58. The van der Waals surface area contributed by atoms with E-state index in [4.69, 9.17) is 4.42 Å². The van der Waals surface area contributed by atoms with E-state index in [1.54, 1.807) is 6.07 Å². The highest BCUT2D eigenvalue weighted by Gasteiger charge is 2.18. The summed E-state index contributed by atoms with van der Waals surface area (Å²) in [4.78, 5) is 7.07. The van der Waals surface area contributed by atoms with Crippen molar-refractivity contribution in [2.75, 3.05) is 6.54 Å². The molecule has 3 aromatic rings. The van der Waals surface area contributed by atoms with Gasteiger partial charge in [0.2, 0.25) is 5.89 Å². The first-order valence-electron chi connectivity index (χ1n) is 8.58. The number of hydrogen-bond acceptors (Lipinski definition) is 3. The Bertz CT molecular complexity index is 858. The zero-order valence-electron chi connectivity index (χ0n) is 13.8. The fraction of sp³-hybridized carbons (Fsp3) is 0.350. The molecule has 4 heteroatoms. The minimum atomic E-state index is -0.283. The van der Waals surface area contributed by atoms with E-state index in [9.17, 15) is 4.39 Å². The van der Waals surface area contributed by atoms with Crippen molar-refractivity contribution >= 4 is 11.1 Å². The van der Waals surface area contributed by atoms with Crippen molar-refractivity contribution in [3.63, 3.8) is 0 Å². The number of nitrogens with zero attached hydrogens (tertiary/aromatic N) is 2. The van der Waals surface area contributed by atoms with E-state index in [0.717, 1.165) is 24.2 Å². The number of benzene rings is 2. The number of fused-ring (bicyclic) bond motifs is 1. The molecule has 1 aliphatic rings. The third-order valence-electron chi connectivity index (χ3n) is 4.85. The number of piperidine rings is 1. The van der Waals surface area contributed by atoms with Gasteiger partial charge in [0.25, 0.3) is 0 Å². The molecule has 1 saturated heterocycles. The Labute approximate surface area is 141 Å². The molecule has 0 saturated carbocycles. The second-order valence-corrected chi connectivity index (χ2v) is 6.65. The van der Waals surface area contributed by atoms with Gasteiger partial charge in [0.05, 0.1) is 0 Å². The van der Waals surface area contributed by atoms with Crippen LogP contribution in [0.3, 0.4) is 0 Å². The summed E-state index contributed by atoms with van der Waals surface area (Å²) in [6.45, 7) is 4.40. The van der Waals surface area contributed by atoms with Crippen LogP contribution in [0.1, 0.15) is 31.7 Å². The summed E-state index contributed by atoms with van der Waals surface area (Å²) < 4.78 is 19.2. The maximum absolute atomic E-state index is 13.4. The van der Waals surface area contributed by atoms with Gasteiger partial charge in [-0.15, -0.1) is 0 Å². The zero-order valence-corrected chi connectivity index (χ0v) is 13.8. The summed E-state index contributed by atoms with van der Waals surface area (Å²) in [5, 5.41) is 0. The number of halogens is 1. The van der Waals surface area contributed by atoms with E-state index in [1.807, 2.05) is 12.1 Å². The number of hydrogen-bond donors (Lipinski definition) is 0.